The average Bonchev–Trinajstić information content (AvgIpc) is 2.11. The van der Waals surface area contributed by atoms with Crippen molar-refractivity contribution in [1.29, 1.82) is 0 Å². The summed E-state index contributed by atoms with van der Waals surface area (Å²) in [6.07, 6.45) is 0. The van der Waals surface area contributed by atoms with Crippen LogP contribution in [0.4, 0.5) is 18.9 Å². The Hall–Kier alpha value is -1.37. The quantitative estimate of drug-likeness (QED) is 0.350. The predicted molar refractivity (Wildman–Crippen MR) is 56.0 cm³/mol. The lowest BCUT2D eigenvalue weighted by molar-refractivity contribution is -0.387. The largest absolute Gasteiger partial charge is 0.307 e. The molecule has 0 aliphatic carbocycles. The first-order valence-electron chi connectivity index (χ1n) is 4.48. The molecule has 0 saturated carbocycles. The maximum absolute atomic E-state index is 13.4. The number of nitro groups is 1. The van der Waals surface area contributed by atoms with E-state index in [1.807, 2.05) is 0 Å². The third-order valence-electron chi connectivity index (χ3n) is 2.13. The summed E-state index contributed by atoms with van der Waals surface area (Å²) in [6, 6.07) is 0.792. The van der Waals surface area contributed by atoms with Crippen LogP contribution in [0.15, 0.2) is 6.07 Å². The summed E-state index contributed by atoms with van der Waals surface area (Å²) in [5.74, 6) is -4.83. The van der Waals surface area contributed by atoms with Gasteiger partial charge in [0.15, 0.2) is 5.82 Å². The van der Waals surface area contributed by atoms with Gasteiger partial charge in [-0.1, -0.05) is 19.6 Å². The molecule has 0 atom stereocenters. The minimum absolute atomic E-state index is 0.0851. The zero-order valence-electron chi connectivity index (χ0n) is 8.97. The number of hydrogen-bond donors (Lipinski definition) is 0. The van der Waals surface area contributed by atoms with Gasteiger partial charge in [-0.15, -0.1) is 0 Å². The SMILES string of the molecule is C[Si](C)(C)c1cc([N+](=O)[O-])c(F)c(F)c1F. The van der Waals surface area contributed by atoms with Crippen LogP contribution >= 0.6 is 0 Å². The molecule has 0 N–H and O–H groups in total. The van der Waals surface area contributed by atoms with Crippen LogP contribution in [0.25, 0.3) is 0 Å². The molecule has 3 nitrogen and oxygen atoms in total. The molecule has 1 aromatic rings. The minimum atomic E-state index is -2.30. The highest BCUT2D eigenvalue weighted by Gasteiger charge is 2.31. The molecule has 0 saturated heterocycles. The van der Waals surface area contributed by atoms with Crippen molar-refractivity contribution in [3.63, 3.8) is 0 Å². The minimum Gasteiger partial charge on any atom is -0.258 e. The van der Waals surface area contributed by atoms with E-state index >= 15 is 0 Å². The molecule has 7 heteroatoms. The Kier molecular flexibility index (Phi) is 3.09. The summed E-state index contributed by atoms with van der Waals surface area (Å²) in [4.78, 5) is 9.40. The van der Waals surface area contributed by atoms with Crippen LogP contribution in [-0.2, 0) is 0 Å². The monoisotopic (exact) mass is 249 g/mol. The Balaban J connectivity index is 3.61. The smallest absolute Gasteiger partial charge is 0.258 e. The summed E-state index contributed by atoms with van der Waals surface area (Å²) in [5.41, 5.74) is -1.02. The Morgan fingerprint density at radius 3 is 2.00 bits per heavy atom. The van der Waals surface area contributed by atoms with Crippen molar-refractivity contribution >= 4 is 18.9 Å². The number of hydrogen-bond acceptors (Lipinski definition) is 2. The second-order valence-corrected chi connectivity index (χ2v) is 9.43. The number of nitro benzene ring substituents is 1. The molecule has 0 heterocycles. The third-order valence-corrected chi connectivity index (χ3v) is 4.11. The van der Waals surface area contributed by atoms with Crippen LogP contribution in [0.5, 0.6) is 0 Å². The summed E-state index contributed by atoms with van der Waals surface area (Å²) in [7, 11) is -2.30. The highest BCUT2D eigenvalue weighted by atomic mass is 28.3. The molecule has 16 heavy (non-hydrogen) atoms. The van der Waals surface area contributed by atoms with Gasteiger partial charge in [-0.3, -0.25) is 10.1 Å². The number of rotatable bonds is 2. The molecule has 0 aliphatic heterocycles. The molecule has 0 aliphatic rings. The molecule has 0 fully saturated rings. The van der Waals surface area contributed by atoms with Crippen LogP contribution in [0.1, 0.15) is 0 Å². The lowest BCUT2D eigenvalue weighted by atomic mass is 10.3. The summed E-state index contributed by atoms with van der Waals surface area (Å²) in [6.45, 7) is 5.06. The summed E-state index contributed by atoms with van der Waals surface area (Å²) in [5, 5.41) is 10.4. The zero-order valence-corrected chi connectivity index (χ0v) is 9.97. The van der Waals surface area contributed by atoms with E-state index in [1.165, 1.54) is 0 Å². The van der Waals surface area contributed by atoms with E-state index in [1.54, 1.807) is 19.6 Å². The first-order valence-corrected chi connectivity index (χ1v) is 7.98. The van der Waals surface area contributed by atoms with E-state index in [4.69, 9.17) is 0 Å². The fraction of sp³-hybridized carbons (Fsp3) is 0.333. The number of benzene rings is 1. The molecule has 1 rings (SSSR count). The molecule has 1 aromatic carbocycles. The highest BCUT2D eigenvalue weighted by molar-refractivity contribution is 6.88. The lowest BCUT2D eigenvalue weighted by Crippen LogP contribution is -2.41. The van der Waals surface area contributed by atoms with Gasteiger partial charge in [0, 0.05) is 6.07 Å². The first kappa shape index (κ1) is 12.7. The molecule has 0 aromatic heterocycles. The standard InChI is InChI=1S/C9H10F3NO2Si/c1-16(2,3)6-4-5(13(14)15)7(10)9(12)8(6)11/h4H,1-3H3. The molecule has 0 amide bonds. The van der Waals surface area contributed by atoms with E-state index in [0.717, 1.165) is 6.07 Å². The van der Waals surface area contributed by atoms with Crippen molar-refractivity contribution in [2.45, 2.75) is 19.6 Å². The van der Waals surface area contributed by atoms with E-state index in [0.29, 0.717) is 0 Å². The van der Waals surface area contributed by atoms with Crippen LogP contribution < -0.4 is 5.19 Å². The van der Waals surface area contributed by atoms with Gasteiger partial charge in [0.25, 0.3) is 0 Å². The number of nitrogens with zero attached hydrogens (tertiary/aromatic N) is 1. The van der Waals surface area contributed by atoms with Gasteiger partial charge in [0.05, 0.1) is 13.0 Å². The molecule has 0 unspecified atom stereocenters. The van der Waals surface area contributed by atoms with Gasteiger partial charge >= 0.3 is 5.69 Å². The van der Waals surface area contributed by atoms with Crippen molar-refractivity contribution in [1.82, 2.24) is 0 Å². The molecular formula is C9H10F3NO2Si. The molecule has 88 valence electrons. The zero-order chi connectivity index (χ0) is 12.7. The Labute approximate surface area is 91.1 Å². The maximum atomic E-state index is 13.4. The van der Waals surface area contributed by atoms with E-state index < -0.39 is 36.1 Å². The van der Waals surface area contributed by atoms with Crippen LogP contribution in [-0.4, -0.2) is 13.0 Å². The van der Waals surface area contributed by atoms with Gasteiger partial charge in [-0.25, -0.2) is 8.78 Å². The average molecular weight is 249 g/mol. The van der Waals surface area contributed by atoms with Crippen LogP contribution in [0.3, 0.4) is 0 Å². The molecule has 0 radical (unpaired) electrons. The van der Waals surface area contributed by atoms with Crippen molar-refractivity contribution in [2.24, 2.45) is 0 Å². The topological polar surface area (TPSA) is 43.1 Å². The fourth-order valence-electron chi connectivity index (χ4n) is 1.27. The summed E-state index contributed by atoms with van der Waals surface area (Å²) < 4.78 is 39.5. The van der Waals surface area contributed by atoms with E-state index in [2.05, 4.69) is 0 Å². The second-order valence-electron chi connectivity index (χ2n) is 4.39. The Bertz CT molecular complexity index is 457. The predicted octanol–water partition coefficient (Wildman–Crippen LogP) is 2.56. The van der Waals surface area contributed by atoms with Crippen molar-refractivity contribution in [3.05, 3.63) is 33.6 Å². The Morgan fingerprint density at radius 1 is 1.12 bits per heavy atom. The third kappa shape index (κ3) is 2.08. The maximum Gasteiger partial charge on any atom is 0.307 e. The highest BCUT2D eigenvalue weighted by Crippen LogP contribution is 2.22. The van der Waals surface area contributed by atoms with Crippen molar-refractivity contribution in [3.8, 4) is 0 Å². The van der Waals surface area contributed by atoms with Gasteiger partial charge in [-0.2, -0.15) is 4.39 Å². The van der Waals surface area contributed by atoms with E-state index in [9.17, 15) is 23.3 Å². The molecular weight excluding hydrogens is 239 g/mol. The lowest BCUT2D eigenvalue weighted by Gasteiger charge is -2.17. The second kappa shape index (κ2) is 3.89. The van der Waals surface area contributed by atoms with Crippen LogP contribution in [0.2, 0.25) is 19.6 Å². The van der Waals surface area contributed by atoms with Crippen molar-refractivity contribution in [2.75, 3.05) is 0 Å². The first-order chi connectivity index (χ1) is 7.16. The van der Waals surface area contributed by atoms with E-state index in [-0.39, 0.29) is 5.19 Å². The Morgan fingerprint density at radius 2 is 1.62 bits per heavy atom. The fourth-order valence-corrected chi connectivity index (χ4v) is 2.61. The normalized spacial score (nSPS) is 11.6. The molecule has 0 bridgehead atoms. The van der Waals surface area contributed by atoms with Gasteiger partial charge in [0.2, 0.25) is 11.6 Å². The van der Waals surface area contributed by atoms with Gasteiger partial charge < -0.3 is 0 Å². The van der Waals surface area contributed by atoms with Gasteiger partial charge in [-0.05, 0) is 5.19 Å². The summed E-state index contributed by atoms with van der Waals surface area (Å²) >= 11 is 0. The van der Waals surface area contributed by atoms with Crippen LogP contribution in [0, 0.1) is 27.6 Å². The van der Waals surface area contributed by atoms with Crippen molar-refractivity contribution < 1.29 is 18.1 Å². The van der Waals surface area contributed by atoms with Gasteiger partial charge in [0.1, 0.15) is 0 Å². The number of halogens is 3. The molecule has 0 spiro atoms.